The number of primary amides is 1. The molecule has 2 rings (SSSR count). The molecule has 1 heterocycles. The molecule has 7 heteroatoms. The zero-order chi connectivity index (χ0) is 13.8. The van der Waals surface area contributed by atoms with Crippen molar-refractivity contribution < 1.29 is 18.8 Å². The van der Waals surface area contributed by atoms with Crippen LogP contribution in [0.1, 0.15) is 22.1 Å². The van der Waals surface area contributed by atoms with Crippen LogP contribution in [0.4, 0.5) is 0 Å². The van der Waals surface area contributed by atoms with Crippen LogP contribution in [0, 0.1) is 6.92 Å². The van der Waals surface area contributed by atoms with Crippen LogP contribution in [0.25, 0.3) is 0 Å². The van der Waals surface area contributed by atoms with Gasteiger partial charge in [-0.15, -0.1) is 0 Å². The Kier molecular flexibility index (Phi) is 3.65. The molecule has 0 unspecified atom stereocenters. The zero-order valence-corrected chi connectivity index (χ0v) is 10.5. The lowest BCUT2D eigenvalue weighted by Gasteiger charge is -2.09. The monoisotopic (exact) mass is 263 g/mol. The molecule has 100 valence electrons. The van der Waals surface area contributed by atoms with E-state index >= 15 is 0 Å². The lowest BCUT2D eigenvalue weighted by molar-refractivity contribution is 0.0995. The van der Waals surface area contributed by atoms with Crippen molar-refractivity contribution in [1.29, 1.82) is 0 Å². The fourth-order valence-electron chi connectivity index (χ4n) is 1.49. The first-order chi connectivity index (χ1) is 9.10. The molecule has 19 heavy (non-hydrogen) atoms. The number of aromatic nitrogens is 2. The Labute approximate surface area is 109 Å². The van der Waals surface area contributed by atoms with E-state index in [0.717, 1.165) is 0 Å². The van der Waals surface area contributed by atoms with E-state index in [0.29, 0.717) is 23.2 Å². The van der Waals surface area contributed by atoms with Crippen LogP contribution >= 0.6 is 0 Å². The van der Waals surface area contributed by atoms with E-state index in [1.54, 1.807) is 19.1 Å². The molecule has 7 nitrogen and oxygen atoms in total. The first kappa shape index (κ1) is 12.9. The minimum Gasteiger partial charge on any atom is -0.497 e. The first-order valence-corrected chi connectivity index (χ1v) is 5.50. The number of rotatable bonds is 5. The van der Waals surface area contributed by atoms with Gasteiger partial charge in [-0.25, -0.2) is 0 Å². The smallest absolute Gasteiger partial charge is 0.264 e. The van der Waals surface area contributed by atoms with E-state index in [4.69, 9.17) is 19.7 Å². The van der Waals surface area contributed by atoms with E-state index in [-0.39, 0.29) is 12.2 Å². The van der Waals surface area contributed by atoms with Crippen molar-refractivity contribution >= 4 is 5.91 Å². The Bertz CT molecular complexity index is 594. The van der Waals surface area contributed by atoms with Gasteiger partial charge in [0, 0.05) is 6.07 Å². The molecule has 1 amide bonds. The van der Waals surface area contributed by atoms with Gasteiger partial charge >= 0.3 is 0 Å². The molecular weight excluding hydrogens is 250 g/mol. The summed E-state index contributed by atoms with van der Waals surface area (Å²) in [4.78, 5) is 15.3. The second kappa shape index (κ2) is 5.38. The van der Waals surface area contributed by atoms with Gasteiger partial charge in [-0.3, -0.25) is 4.79 Å². The average molecular weight is 263 g/mol. The topological polar surface area (TPSA) is 100 Å². The number of aryl methyl sites for hydroxylation is 1. The van der Waals surface area contributed by atoms with Crippen LogP contribution in [-0.2, 0) is 6.61 Å². The van der Waals surface area contributed by atoms with Crippen LogP contribution < -0.4 is 15.2 Å². The third-order valence-corrected chi connectivity index (χ3v) is 2.38. The summed E-state index contributed by atoms with van der Waals surface area (Å²) < 4.78 is 15.4. The van der Waals surface area contributed by atoms with Crippen LogP contribution in [0.5, 0.6) is 11.5 Å². The highest BCUT2D eigenvalue weighted by atomic mass is 16.5. The molecule has 2 N–H and O–H groups in total. The van der Waals surface area contributed by atoms with Gasteiger partial charge in [-0.05, 0) is 19.1 Å². The SMILES string of the molecule is COc1ccc(C(N)=O)c(OCc2nc(C)no2)c1. The van der Waals surface area contributed by atoms with Crippen molar-refractivity contribution in [2.45, 2.75) is 13.5 Å². The molecule has 0 saturated heterocycles. The summed E-state index contributed by atoms with van der Waals surface area (Å²) in [7, 11) is 1.52. The summed E-state index contributed by atoms with van der Waals surface area (Å²) in [6.07, 6.45) is 0. The molecule has 1 aromatic carbocycles. The summed E-state index contributed by atoms with van der Waals surface area (Å²) in [5, 5.41) is 3.64. The summed E-state index contributed by atoms with van der Waals surface area (Å²) in [5.74, 6) is 1.11. The van der Waals surface area contributed by atoms with Gasteiger partial charge in [0.15, 0.2) is 12.4 Å². The van der Waals surface area contributed by atoms with Gasteiger partial charge in [0.1, 0.15) is 11.5 Å². The Hall–Kier alpha value is -2.57. The molecule has 0 fully saturated rings. The Morgan fingerprint density at radius 2 is 2.26 bits per heavy atom. The highest BCUT2D eigenvalue weighted by molar-refractivity contribution is 5.95. The quantitative estimate of drug-likeness (QED) is 0.865. The number of carbonyl (C=O) groups is 1. The summed E-state index contributed by atoms with van der Waals surface area (Å²) >= 11 is 0. The molecule has 0 spiro atoms. The fourth-order valence-corrected chi connectivity index (χ4v) is 1.49. The predicted octanol–water partition coefficient (Wildman–Crippen LogP) is 1.06. The number of nitrogens with two attached hydrogens (primary N) is 1. The third-order valence-electron chi connectivity index (χ3n) is 2.38. The number of benzene rings is 1. The predicted molar refractivity (Wildman–Crippen MR) is 64.9 cm³/mol. The van der Waals surface area contributed by atoms with Crippen LogP contribution in [0.3, 0.4) is 0 Å². The summed E-state index contributed by atoms with van der Waals surface area (Å²) in [5.41, 5.74) is 5.53. The van der Waals surface area contributed by atoms with E-state index in [2.05, 4.69) is 10.1 Å². The number of amides is 1. The lowest BCUT2D eigenvalue weighted by atomic mass is 10.2. The van der Waals surface area contributed by atoms with Crippen molar-refractivity contribution in [1.82, 2.24) is 10.1 Å². The van der Waals surface area contributed by atoms with Crippen LogP contribution in [-0.4, -0.2) is 23.2 Å². The Morgan fingerprint density at radius 1 is 1.47 bits per heavy atom. The first-order valence-electron chi connectivity index (χ1n) is 5.50. The van der Waals surface area contributed by atoms with Crippen LogP contribution in [0.2, 0.25) is 0 Å². The standard InChI is InChI=1S/C12H13N3O4/c1-7-14-11(19-15-7)6-18-10-5-8(17-2)3-4-9(10)12(13)16/h3-5H,6H2,1-2H3,(H2,13,16). The molecule has 0 bridgehead atoms. The molecule has 1 aromatic heterocycles. The molecule has 2 aromatic rings. The van der Waals surface area contributed by atoms with Crippen molar-refractivity contribution in [3.8, 4) is 11.5 Å². The summed E-state index contributed by atoms with van der Waals surface area (Å²) in [6, 6.07) is 4.74. The molecule has 0 aliphatic carbocycles. The van der Waals surface area contributed by atoms with Gasteiger partial charge in [-0.1, -0.05) is 5.16 Å². The minimum atomic E-state index is -0.584. The molecule has 0 aliphatic rings. The summed E-state index contributed by atoms with van der Waals surface area (Å²) in [6.45, 7) is 1.75. The second-order valence-corrected chi connectivity index (χ2v) is 3.75. The maximum absolute atomic E-state index is 11.3. The van der Waals surface area contributed by atoms with Gasteiger partial charge < -0.3 is 19.7 Å². The fraction of sp³-hybridized carbons (Fsp3) is 0.250. The number of nitrogens with zero attached hydrogens (tertiary/aromatic N) is 2. The van der Waals surface area contributed by atoms with E-state index < -0.39 is 5.91 Å². The molecule has 0 radical (unpaired) electrons. The highest BCUT2D eigenvalue weighted by Crippen LogP contribution is 2.25. The zero-order valence-electron chi connectivity index (χ0n) is 10.5. The van der Waals surface area contributed by atoms with Gasteiger partial charge in [0.25, 0.3) is 11.8 Å². The van der Waals surface area contributed by atoms with Crippen molar-refractivity contribution in [3.05, 3.63) is 35.5 Å². The number of carbonyl (C=O) groups excluding carboxylic acids is 1. The van der Waals surface area contributed by atoms with Crippen molar-refractivity contribution in [2.24, 2.45) is 5.73 Å². The number of hydrogen-bond donors (Lipinski definition) is 1. The maximum atomic E-state index is 11.3. The second-order valence-electron chi connectivity index (χ2n) is 3.75. The Balaban J connectivity index is 2.19. The van der Waals surface area contributed by atoms with E-state index in [9.17, 15) is 4.79 Å². The number of ether oxygens (including phenoxy) is 2. The average Bonchev–Trinajstić information content (AvgIpc) is 2.81. The molecule has 0 atom stereocenters. The number of methoxy groups -OCH3 is 1. The molecule has 0 saturated carbocycles. The molecule has 0 aliphatic heterocycles. The highest BCUT2D eigenvalue weighted by Gasteiger charge is 2.12. The normalized spacial score (nSPS) is 10.2. The van der Waals surface area contributed by atoms with E-state index in [1.807, 2.05) is 0 Å². The van der Waals surface area contributed by atoms with Crippen molar-refractivity contribution in [2.75, 3.05) is 7.11 Å². The van der Waals surface area contributed by atoms with Gasteiger partial charge in [0.2, 0.25) is 0 Å². The largest absolute Gasteiger partial charge is 0.497 e. The third kappa shape index (κ3) is 3.01. The minimum absolute atomic E-state index is 0.0499. The van der Waals surface area contributed by atoms with Crippen molar-refractivity contribution in [3.63, 3.8) is 0 Å². The number of hydrogen-bond acceptors (Lipinski definition) is 6. The van der Waals surface area contributed by atoms with Crippen LogP contribution in [0.15, 0.2) is 22.7 Å². The van der Waals surface area contributed by atoms with Gasteiger partial charge in [0.05, 0.1) is 12.7 Å². The lowest BCUT2D eigenvalue weighted by Crippen LogP contribution is -2.13. The molecular formula is C12H13N3O4. The Morgan fingerprint density at radius 3 is 2.84 bits per heavy atom. The maximum Gasteiger partial charge on any atom is 0.264 e. The van der Waals surface area contributed by atoms with Gasteiger partial charge in [-0.2, -0.15) is 4.98 Å². The van der Waals surface area contributed by atoms with E-state index in [1.165, 1.54) is 13.2 Å².